The second kappa shape index (κ2) is 5.83. The van der Waals surface area contributed by atoms with Gasteiger partial charge in [-0.3, -0.25) is 9.69 Å². The van der Waals surface area contributed by atoms with Crippen molar-refractivity contribution < 1.29 is 4.79 Å². The van der Waals surface area contributed by atoms with Crippen LogP contribution < -0.4 is 5.73 Å². The Labute approximate surface area is 105 Å². The minimum Gasteiger partial charge on any atom is -0.340 e. The third-order valence-electron chi connectivity index (χ3n) is 3.87. The van der Waals surface area contributed by atoms with Gasteiger partial charge >= 0.3 is 0 Å². The summed E-state index contributed by atoms with van der Waals surface area (Å²) in [6, 6.07) is 0.658. The van der Waals surface area contributed by atoms with Gasteiger partial charge in [0.15, 0.2) is 0 Å². The molecule has 1 aliphatic rings. The van der Waals surface area contributed by atoms with Crippen molar-refractivity contribution in [2.75, 3.05) is 20.1 Å². The number of carbonyl (C=O) groups is 1. The number of carbonyl (C=O) groups excluding carboxylic acids is 1. The van der Waals surface area contributed by atoms with Crippen molar-refractivity contribution in [3.05, 3.63) is 0 Å². The molecule has 17 heavy (non-hydrogen) atoms. The smallest absolute Gasteiger partial charge is 0.239 e. The van der Waals surface area contributed by atoms with E-state index in [0.717, 1.165) is 19.5 Å². The van der Waals surface area contributed by atoms with Crippen molar-refractivity contribution in [3.63, 3.8) is 0 Å². The Hall–Kier alpha value is -0.610. The molecule has 0 aromatic rings. The first-order chi connectivity index (χ1) is 7.84. The highest BCUT2D eigenvalue weighted by atomic mass is 16.2. The number of amides is 1. The zero-order valence-corrected chi connectivity index (χ0v) is 11.8. The predicted octanol–water partition coefficient (Wildman–Crippen LogP) is 0.911. The van der Waals surface area contributed by atoms with Crippen molar-refractivity contribution in [2.24, 2.45) is 11.7 Å². The van der Waals surface area contributed by atoms with Gasteiger partial charge in [0.05, 0.1) is 6.04 Å². The number of hydrogen-bond donors (Lipinski definition) is 1. The molecule has 1 saturated heterocycles. The lowest BCUT2D eigenvalue weighted by Gasteiger charge is -2.29. The molecule has 100 valence electrons. The lowest BCUT2D eigenvalue weighted by atomic mass is 10.0. The highest BCUT2D eigenvalue weighted by molar-refractivity contribution is 5.82. The van der Waals surface area contributed by atoms with Gasteiger partial charge in [0.1, 0.15) is 0 Å². The molecular weight excluding hydrogens is 214 g/mol. The van der Waals surface area contributed by atoms with Crippen LogP contribution in [0.15, 0.2) is 0 Å². The summed E-state index contributed by atoms with van der Waals surface area (Å²) in [5, 5.41) is 0. The molecule has 0 unspecified atom stereocenters. The minimum absolute atomic E-state index is 0.111. The molecule has 0 bridgehead atoms. The first-order valence-corrected chi connectivity index (χ1v) is 6.61. The van der Waals surface area contributed by atoms with E-state index in [9.17, 15) is 4.79 Å². The number of hydrogen-bond acceptors (Lipinski definition) is 3. The van der Waals surface area contributed by atoms with Gasteiger partial charge in [0.2, 0.25) is 5.91 Å². The Morgan fingerprint density at radius 1 is 1.35 bits per heavy atom. The topological polar surface area (TPSA) is 49.6 Å². The Kier molecular flexibility index (Phi) is 4.95. The van der Waals surface area contributed by atoms with Gasteiger partial charge in [-0.15, -0.1) is 0 Å². The molecule has 1 heterocycles. The van der Waals surface area contributed by atoms with Gasteiger partial charge in [0, 0.05) is 25.2 Å². The first kappa shape index (κ1) is 14.5. The van der Waals surface area contributed by atoms with Crippen LogP contribution in [0.1, 0.15) is 34.1 Å². The van der Waals surface area contributed by atoms with Crippen molar-refractivity contribution in [2.45, 2.75) is 52.2 Å². The maximum absolute atomic E-state index is 12.1. The molecule has 0 saturated carbocycles. The van der Waals surface area contributed by atoms with Crippen LogP contribution in [0.25, 0.3) is 0 Å². The number of likely N-dealkylation sites (tertiary alicyclic amines) is 1. The maximum atomic E-state index is 12.1. The summed E-state index contributed by atoms with van der Waals surface area (Å²) in [4.78, 5) is 16.4. The molecule has 2 atom stereocenters. The lowest BCUT2D eigenvalue weighted by molar-refractivity contribution is -0.132. The Morgan fingerprint density at radius 3 is 2.41 bits per heavy atom. The molecule has 1 rings (SSSR count). The lowest BCUT2D eigenvalue weighted by Crippen LogP contribution is -2.47. The monoisotopic (exact) mass is 241 g/mol. The highest BCUT2D eigenvalue weighted by Gasteiger charge is 2.32. The maximum Gasteiger partial charge on any atom is 0.239 e. The SMILES string of the molecule is CC(C)[C@H](N)C(=O)N1CC[C@@H](N(C)C(C)C)C1. The Bertz CT molecular complexity index is 265. The average Bonchev–Trinajstić information content (AvgIpc) is 2.74. The van der Waals surface area contributed by atoms with Gasteiger partial charge in [-0.1, -0.05) is 13.8 Å². The summed E-state index contributed by atoms with van der Waals surface area (Å²) in [7, 11) is 2.13. The molecule has 0 aromatic carbocycles. The largest absolute Gasteiger partial charge is 0.340 e. The number of nitrogens with two attached hydrogens (primary N) is 1. The second-order valence-corrected chi connectivity index (χ2v) is 5.76. The molecule has 1 aliphatic heterocycles. The fraction of sp³-hybridized carbons (Fsp3) is 0.923. The van der Waals surface area contributed by atoms with Crippen molar-refractivity contribution in [1.29, 1.82) is 0 Å². The molecule has 0 radical (unpaired) electrons. The van der Waals surface area contributed by atoms with E-state index >= 15 is 0 Å². The molecule has 2 N–H and O–H groups in total. The number of likely N-dealkylation sites (N-methyl/N-ethyl adjacent to an activating group) is 1. The third-order valence-corrected chi connectivity index (χ3v) is 3.87. The third kappa shape index (κ3) is 3.42. The van der Waals surface area contributed by atoms with Gasteiger partial charge in [0.25, 0.3) is 0 Å². The van der Waals surface area contributed by atoms with Crippen LogP contribution in [0, 0.1) is 5.92 Å². The van der Waals surface area contributed by atoms with Crippen LogP contribution in [0.2, 0.25) is 0 Å². The van der Waals surface area contributed by atoms with Crippen LogP contribution in [0.4, 0.5) is 0 Å². The van der Waals surface area contributed by atoms with Crippen LogP contribution in [0.5, 0.6) is 0 Å². The summed E-state index contributed by atoms with van der Waals surface area (Å²) < 4.78 is 0. The molecule has 0 spiro atoms. The van der Waals surface area contributed by atoms with Crippen molar-refractivity contribution in [1.82, 2.24) is 9.80 Å². The summed E-state index contributed by atoms with van der Waals surface area (Å²) >= 11 is 0. The van der Waals surface area contributed by atoms with Crippen LogP contribution in [-0.2, 0) is 4.79 Å². The molecule has 1 fully saturated rings. The Morgan fingerprint density at radius 2 is 1.94 bits per heavy atom. The normalized spacial score (nSPS) is 22.9. The van der Waals surface area contributed by atoms with Crippen LogP contribution in [-0.4, -0.2) is 54.0 Å². The van der Waals surface area contributed by atoms with Crippen molar-refractivity contribution in [3.8, 4) is 0 Å². The standard InChI is InChI=1S/C13H27N3O/c1-9(2)12(14)13(17)16-7-6-11(8-16)15(5)10(3)4/h9-12H,6-8,14H2,1-5H3/t11-,12+/m1/s1. The van der Waals surface area contributed by atoms with Crippen molar-refractivity contribution >= 4 is 5.91 Å². The van der Waals surface area contributed by atoms with Gasteiger partial charge < -0.3 is 10.6 Å². The summed E-state index contributed by atoms with van der Waals surface area (Å²) in [6.45, 7) is 10.0. The van der Waals surface area contributed by atoms with E-state index in [-0.39, 0.29) is 17.9 Å². The minimum atomic E-state index is -0.349. The van der Waals surface area contributed by atoms with Crippen LogP contribution in [0.3, 0.4) is 0 Å². The van der Waals surface area contributed by atoms with E-state index in [0.29, 0.717) is 12.1 Å². The van der Waals surface area contributed by atoms with E-state index in [1.807, 2.05) is 18.7 Å². The Balaban J connectivity index is 2.53. The summed E-state index contributed by atoms with van der Waals surface area (Å²) in [5.74, 6) is 0.323. The first-order valence-electron chi connectivity index (χ1n) is 6.61. The molecule has 0 aromatic heterocycles. The van der Waals surface area contributed by atoms with E-state index in [2.05, 4.69) is 25.8 Å². The molecular formula is C13H27N3O. The summed E-state index contributed by atoms with van der Waals surface area (Å²) in [5.41, 5.74) is 5.92. The van der Waals surface area contributed by atoms with Gasteiger partial charge in [-0.05, 0) is 33.2 Å². The summed E-state index contributed by atoms with van der Waals surface area (Å²) in [6.07, 6.45) is 1.06. The van der Waals surface area contributed by atoms with E-state index in [1.165, 1.54) is 0 Å². The van der Waals surface area contributed by atoms with Gasteiger partial charge in [-0.2, -0.15) is 0 Å². The molecule has 4 nitrogen and oxygen atoms in total. The van der Waals surface area contributed by atoms with Crippen LogP contribution >= 0.6 is 0 Å². The molecule has 1 amide bonds. The van der Waals surface area contributed by atoms with E-state index in [1.54, 1.807) is 0 Å². The fourth-order valence-electron chi connectivity index (χ4n) is 2.19. The average molecular weight is 241 g/mol. The van der Waals surface area contributed by atoms with Gasteiger partial charge in [-0.25, -0.2) is 0 Å². The highest BCUT2D eigenvalue weighted by Crippen LogP contribution is 2.18. The predicted molar refractivity (Wildman–Crippen MR) is 70.7 cm³/mol. The number of rotatable bonds is 4. The molecule has 4 heteroatoms. The number of nitrogens with zero attached hydrogens (tertiary/aromatic N) is 2. The molecule has 0 aliphatic carbocycles. The second-order valence-electron chi connectivity index (χ2n) is 5.76. The zero-order valence-electron chi connectivity index (χ0n) is 11.8. The fourth-order valence-corrected chi connectivity index (χ4v) is 2.19. The quantitative estimate of drug-likeness (QED) is 0.796. The zero-order chi connectivity index (χ0) is 13.2. The van der Waals surface area contributed by atoms with E-state index in [4.69, 9.17) is 5.73 Å². The van der Waals surface area contributed by atoms with E-state index < -0.39 is 0 Å².